The Hall–Kier alpha value is -1.89. The maximum absolute atomic E-state index is 5.80. The lowest BCUT2D eigenvalue weighted by molar-refractivity contribution is 0.174. The highest BCUT2D eigenvalue weighted by molar-refractivity contribution is 7.98. The molecule has 0 amide bonds. The van der Waals surface area contributed by atoms with E-state index in [1.54, 1.807) is 4.68 Å². The molecule has 1 aliphatic heterocycles. The van der Waals surface area contributed by atoms with Gasteiger partial charge in [-0.15, -0.1) is 5.10 Å². The summed E-state index contributed by atoms with van der Waals surface area (Å²) in [4.78, 5) is 4.13. The van der Waals surface area contributed by atoms with Crippen LogP contribution >= 0.6 is 11.8 Å². The van der Waals surface area contributed by atoms with Crippen LogP contribution in [0.5, 0.6) is 11.5 Å². The van der Waals surface area contributed by atoms with E-state index < -0.39 is 0 Å². The Morgan fingerprint density at radius 1 is 1.39 bits per heavy atom. The molecular formula is C11H12N4O2S. The van der Waals surface area contributed by atoms with E-state index >= 15 is 0 Å². The van der Waals surface area contributed by atoms with Crippen molar-refractivity contribution in [3.63, 3.8) is 0 Å². The summed E-state index contributed by atoms with van der Waals surface area (Å²) in [7, 11) is 0. The molecule has 0 fully saturated rings. The highest BCUT2D eigenvalue weighted by Crippen LogP contribution is 2.32. The molecule has 2 aromatic rings. The van der Waals surface area contributed by atoms with E-state index in [0.717, 1.165) is 17.1 Å². The zero-order chi connectivity index (χ0) is 12.5. The molecule has 0 spiro atoms. The zero-order valence-corrected chi connectivity index (χ0v) is 10.6. The van der Waals surface area contributed by atoms with Gasteiger partial charge in [-0.1, -0.05) is 17.8 Å². The van der Waals surface area contributed by atoms with Gasteiger partial charge in [0.1, 0.15) is 0 Å². The van der Waals surface area contributed by atoms with Crippen LogP contribution in [0.25, 0.3) is 0 Å². The Bertz CT molecular complexity index is 584. The molecule has 0 saturated carbocycles. The van der Waals surface area contributed by atoms with Gasteiger partial charge in [0, 0.05) is 0 Å². The molecule has 0 atom stereocenters. The van der Waals surface area contributed by atoms with Gasteiger partial charge in [-0.2, -0.15) is 4.98 Å². The van der Waals surface area contributed by atoms with E-state index in [-0.39, 0.29) is 6.79 Å². The van der Waals surface area contributed by atoms with Gasteiger partial charge in [0.25, 0.3) is 0 Å². The molecule has 18 heavy (non-hydrogen) atoms. The molecule has 0 bridgehead atoms. The SMILES string of the molecule is CSc1nc(N)n(Cc2ccc3c(c2)OCO3)n1. The molecule has 94 valence electrons. The Morgan fingerprint density at radius 3 is 3.00 bits per heavy atom. The van der Waals surface area contributed by atoms with E-state index in [4.69, 9.17) is 15.2 Å². The molecule has 2 heterocycles. The van der Waals surface area contributed by atoms with Crippen molar-refractivity contribution in [1.29, 1.82) is 0 Å². The lowest BCUT2D eigenvalue weighted by atomic mass is 10.2. The van der Waals surface area contributed by atoms with Crippen LogP contribution in [0.2, 0.25) is 0 Å². The predicted molar refractivity (Wildman–Crippen MR) is 67.9 cm³/mol. The lowest BCUT2D eigenvalue weighted by Gasteiger charge is -2.04. The summed E-state index contributed by atoms with van der Waals surface area (Å²) >= 11 is 1.47. The Kier molecular flexibility index (Phi) is 2.75. The Labute approximate surface area is 108 Å². The monoisotopic (exact) mass is 264 g/mol. The van der Waals surface area contributed by atoms with Crippen molar-refractivity contribution in [2.75, 3.05) is 18.8 Å². The summed E-state index contributed by atoms with van der Waals surface area (Å²) in [6, 6.07) is 5.79. The van der Waals surface area contributed by atoms with Gasteiger partial charge < -0.3 is 15.2 Å². The molecule has 1 aromatic carbocycles. The molecule has 0 saturated heterocycles. The Morgan fingerprint density at radius 2 is 2.22 bits per heavy atom. The van der Waals surface area contributed by atoms with E-state index in [2.05, 4.69) is 10.1 Å². The minimum atomic E-state index is 0.279. The van der Waals surface area contributed by atoms with Gasteiger partial charge in [0.05, 0.1) is 6.54 Å². The van der Waals surface area contributed by atoms with E-state index in [9.17, 15) is 0 Å². The topological polar surface area (TPSA) is 75.2 Å². The maximum Gasteiger partial charge on any atom is 0.231 e. The number of nitrogens with zero attached hydrogens (tertiary/aromatic N) is 3. The summed E-state index contributed by atoms with van der Waals surface area (Å²) in [5.74, 6) is 1.95. The largest absolute Gasteiger partial charge is 0.454 e. The predicted octanol–water partition coefficient (Wildman–Crippen LogP) is 1.36. The van der Waals surface area contributed by atoms with Gasteiger partial charge in [-0.25, -0.2) is 4.68 Å². The molecule has 0 aliphatic carbocycles. The van der Waals surface area contributed by atoms with Crippen LogP contribution in [0.15, 0.2) is 23.4 Å². The fraction of sp³-hybridized carbons (Fsp3) is 0.273. The van der Waals surface area contributed by atoms with Crippen LogP contribution in [-0.2, 0) is 6.54 Å². The summed E-state index contributed by atoms with van der Waals surface area (Å²) < 4.78 is 12.3. The molecule has 1 aromatic heterocycles. The molecule has 7 heteroatoms. The first-order valence-corrected chi connectivity index (χ1v) is 6.61. The minimum Gasteiger partial charge on any atom is -0.454 e. The number of fused-ring (bicyclic) bond motifs is 1. The third-order valence-electron chi connectivity index (χ3n) is 2.63. The number of nitrogens with two attached hydrogens (primary N) is 1. The molecule has 2 N–H and O–H groups in total. The summed E-state index contributed by atoms with van der Waals surface area (Å²) in [6.45, 7) is 0.844. The van der Waals surface area contributed by atoms with Crippen LogP contribution in [0, 0.1) is 0 Å². The highest BCUT2D eigenvalue weighted by Gasteiger charge is 2.14. The van der Waals surface area contributed by atoms with Crippen LogP contribution in [0.1, 0.15) is 5.56 Å². The van der Waals surface area contributed by atoms with Crippen molar-refractivity contribution in [3.05, 3.63) is 23.8 Å². The summed E-state index contributed by atoms with van der Waals surface area (Å²) in [5.41, 5.74) is 6.84. The second-order valence-electron chi connectivity index (χ2n) is 3.80. The van der Waals surface area contributed by atoms with Crippen molar-refractivity contribution < 1.29 is 9.47 Å². The highest BCUT2D eigenvalue weighted by atomic mass is 32.2. The molecular weight excluding hydrogens is 252 g/mol. The van der Waals surface area contributed by atoms with Crippen molar-refractivity contribution >= 4 is 17.7 Å². The average Bonchev–Trinajstić information content (AvgIpc) is 2.96. The molecule has 6 nitrogen and oxygen atoms in total. The van der Waals surface area contributed by atoms with Crippen LogP contribution < -0.4 is 15.2 Å². The van der Waals surface area contributed by atoms with Crippen molar-refractivity contribution in [2.24, 2.45) is 0 Å². The molecule has 1 aliphatic rings. The number of nitrogen functional groups attached to an aromatic ring is 1. The first kappa shape index (κ1) is 11.2. The fourth-order valence-corrected chi connectivity index (χ4v) is 2.11. The molecule has 0 unspecified atom stereocenters. The quantitative estimate of drug-likeness (QED) is 0.844. The van der Waals surface area contributed by atoms with Gasteiger partial charge >= 0.3 is 0 Å². The number of rotatable bonds is 3. The van der Waals surface area contributed by atoms with Gasteiger partial charge in [0.2, 0.25) is 17.9 Å². The van der Waals surface area contributed by atoms with Crippen LogP contribution in [0.4, 0.5) is 5.95 Å². The molecule has 3 rings (SSSR count). The summed E-state index contributed by atoms with van der Waals surface area (Å²) in [5, 5.41) is 4.96. The maximum atomic E-state index is 5.80. The van der Waals surface area contributed by atoms with E-state index in [1.165, 1.54) is 11.8 Å². The third kappa shape index (κ3) is 1.97. The van der Waals surface area contributed by atoms with Crippen molar-refractivity contribution in [3.8, 4) is 11.5 Å². The van der Waals surface area contributed by atoms with Gasteiger partial charge in [0.15, 0.2) is 11.5 Å². The zero-order valence-electron chi connectivity index (χ0n) is 9.79. The van der Waals surface area contributed by atoms with Gasteiger partial charge in [-0.3, -0.25) is 0 Å². The van der Waals surface area contributed by atoms with Crippen molar-refractivity contribution in [2.45, 2.75) is 11.7 Å². The minimum absolute atomic E-state index is 0.279. The van der Waals surface area contributed by atoms with Crippen molar-refractivity contribution in [1.82, 2.24) is 14.8 Å². The van der Waals surface area contributed by atoms with Crippen LogP contribution in [0.3, 0.4) is 0 Å². The normalized spacial score (nSPS) is 12.9. The van der Waals surface area contributed by atoms with E-state index in [1.807, 2.05) is 24.5 Å². The smallest absolute Gasteiger partial charge is 0.231 e. The second kappa shape index (κ2) is 4.41. The number of thioether (sulfide) groups is 1. The number of ether oxygens (including phenoxy) is 2. The van der Waals surface area contributed by atoms with Crippen LogP contribution in [-0.4, -0.2) is 27.8 Å². The first-order chi connectivity index (χ1) is 8.76. The average molecular weight is 264 g/mol. The number of aromatic nitrogens is 3. The number of benzene rings is 1. The Balaban J connectivity index is 1.85. The number of hydrogen-bond acceptors (Lipinski definition) is 6. The third-order valence-corrected chi connectivity index (χ3v) is 3.17. The fourth-order valence-electron chi connectivity index (χ4n) is 1.75. The number of anilines is 1. The second-order valence-corrected chi connectivity index (χ2v) is 4.58. The molecule has 0 radical (unpaired) electrons. The number of hydrogen-bond donors (Lipinski definition) is 1. The lowest BCUT2D eigenvalue weighted by Crippen LogP contribution is -2.06. The first-order valence-electron chi connectivity index (χ1n) is 5.39. The van der Waals surface area contributed by atoms with E-state index in [0.29, 0.717) is 17.6 Å². The summed E-state index contributed by atoms with van der Waals surface area (Å²) in [6.07, 6.45) is 1.92. The standard InChI is InChI=1S/C11H12N4O2S/c1-18-11-13-10(12)15(14-11)5-7-2-3-8-9(4-7)17-6-16-8/h2-4H,5-6H2,1H3,(H2,12,13,14). The van der Waals surface area contributed by atoms with Gasteiger partial charge in [-0.05, 0) is 24.0 Å².